The van der Waals surface area contributed by atoms with Gasteiger partial charge in [-0.1, -0.05) is 5.16 Å². The maximum Gasteiger partial charge on any atom is 0.410 e. The van der Waals surface area contributed by atoms with Crippen molar-refractivity contribution in [1.29, 1.82) is 0 Å². The molecule has 3 aromatic heterocycles. The fourth-order valence-corrected chi connectivity index (χ4v) is 5.07. The summed E-state index contributed by atoms with van der Waals surface area (Å²) in [6.45, 7) is 7.57. The monoisotopic (exact) mass is 532 g/mol. The van der Waals surface area contributed by atoms with Crippen molar-refractivity contribution in [3.8, 4) is 11.1 Å². The SMILES string of the molecule is CNc1c(Br)c([C@H]2CC[C@@H](/C(C)=N/O)N(C(=O)OC(C)(C)C)C2)nc2c(-c3cn[nH]c3)cnn12. The van der Waals surface area contributed by atoms with Crippen LogP contribution in [0.3, 0.4) is 0 Å². The van der Waals surface area contributed by atoms with E-state index >= 15 is 0 Å². The summed E-state index contributed by atoms with van der Waals surface area (Å²) in [7, 11) is 1.83. The topological polar surface area (TPSA) is 133 Å². The fraction of sp³-hybridized carbons (Fsp3) is 0.500. The van der Waals surface area contributed by atoms with E-state index < -0.39 is 11.7 Å². The summed E-state index contributed by atoms with van der Waals surface area (Å²) < 4.78 is 8.20. The first kappa shape index (κ1) is 24.0. The number of aromatic nitrogens is 5. The van der Waals surface area contributed by atoms with Crippen LogP contribution in [0.5, 0.6) is 0 Å². The van der Waals surface area contributed by atoms with Crippen LogP contribution in [0.2, 0.25) is 0 Å². The molecule has 1 fully saturated rings. The van der Waals surface area contributed by atoms with Crippen LogP contribution in [-0.2, 0) is 4.74 Å². The van der Waals surface area contributed by atoms with Gasteiger partial charge >= 0.3 is 6.09 Å². The number of nitrogens with zero attached hydrogens (tertiary/aromatic N) is 6. The minimum Gasteiger partial charge on any atom is -0.444 e. The Morgan fingerprint density at radius 3 is 2.74 bits per heavy atom. The van der Waals surface area contributed by atoms with E-state index in [4.69, 9.17) is 9.72 Å². The third-order valence-electron chi connectivity index (χ3n) is 5.90. The van der Waals surface area contributed by atoms with Gasteiger partial charge in [-0.15, -0.1) is 0 Å². The molecule has 0 bridgehead atoms. The average Bonchev–Trinajstić information content (AvgIpc) is 3.46. The van der Waals surface area contributed by atoms with Crippen LogP contribution in [0.4, 0.5) is 10.6 Å². The van der Waals surface area contributed by atoms with E-state index in [-0.39, 0.29) is 12.0 Å². The highest BCUT2D eigenvalue weighted by Crippen LogP contribution is 2.39. The molecule has 182 valence electrons. The molecular weight excluding hydrogens is 504 g/mol. The Morgan fingerprint density at radius 1 is 1.35 bits per heavy atom. The summed E-state index contributed by atoms with van der Waals surface area (Å²) >= 11 is 3.72. The Labute approximate surface area is 205 Å². The van der Waals surface area contributed by atoms with Crippen LogP contribution in [0, 0.1) is 0 Å². The van der Waals surface area contributed by atoms with Gasteiger partial charge in [0.1, 0.15) is 11.4 Å². The molecule has 1 saturated heterocycles. The molecule has 3 N–H and O–H groups in total. The summed E-state index contributed by atoms with van der Waals surface area (Å²) in [6.07, 6.45) is 6.20. The number of nitrogens with one attached hydrogen (secondary N) is 2. The van der Waals surface area contributed by atoms with Crippen LogP contribution < -0.4 is 5.32 Å². The second-order valence-electron chi connectivity index (χ2n) is 9.35. The maximum atomic E-state index is 13.1. The second-order valence-corrected chi connectivity index (χ2v) is 10.1. The number of ether oxygens (including phenoxy) is 1. The maximum absolute atomic E-state index is 13.1. The van der Waals surface area contributed by atoms with Crippen molar-refractivity contribution in [2.24, 2.45) is 5.16 Å². The summed E-state index contributed by atoms with van der Waals surface area (Å²) in [5.41, 5.74) is 3.05. The number of H-pyrrole nitrogens is 1. The molecule has 1 aliphatic rings. The van der Waals surface area contributed by atoms with E-state index in [0.717, 1.165) is 33.5 Å². The average molecular weight is 533 g/mol. The van der Waals surface area contributed by atoms with Crippen molar-refractivity contribution in [2.45, 2.75) is 58.1 Å². The summed E-state index contributed by atoms with van der Waals surface area (Å²) in [6, 6.07) is -0.348. The number of fused-ring (bicyclic) bond motifs is 1. The van der Waals surface area contributed by atoms with Crippen molar-refractivity contribution in [1.82, 2.24) is 29.7 Å². The van der Waals surface area contributed by atoms with Gasteiger partial charge in [0.25, 0.3) is 0 Å². The largest absolute Gasteiger partial charge is 0.444 e. The number of amides is 1. The lowest BCUT2D eigenvalue weighted by atomic mass is 9.88. The Bertz CT molecular complexity index is 1220. The third-order valence-corrected chi connectivity index (χ3v) is 6.68. The number of halogens is 1. The first-order valence-corrected chi connectivity index (χ1v) is 11.9. The van der Waals surface area contributed by atoms with E-state index in [1.54, 1.807) is 34.9 Å². The highest BCUT2D eigenvalue weighted by Gasteiger charge is 2.38. The number of oxime groups is 1. The van der Waals surface area contributed by atoms with Gasteiger partial charge in [-0.2, -0.15) is 14.7 Å². The van der Waals surface area contributed by atoms with Gasteiger partial charge in [0, 0.05) is 36.8 Å². The lowest BCUT2D eigenvalue weighted by molar-refractivity contribution is 0.0142. The van der Waals surface area contributed by atoms with E-state index in [2.05, 4.69) is 41.7 Å². The Balaban J connectivity index is 1.76. The zero-order valence-electron chi connectivity index (χ0n) is 19.8. The molecule has 0 spiro atoms. The molecule has 0 saturated carbocycles. The van der Waals surface area contributed by atoms with Gasteiger partial charge in [0.05, 0.1) is 34.3 Å². The van der Waals surface area contributed by atoms with Crippen LogP contribution in [-0.4, -0.2) is 71.9 Å². The molecule has 0 aliphatic carbocycles. The molecule has 1 amide bonds. The fourth-order valence-electron chi connectivity index (χ4n) is 4.30. The first-order chi connectivity index (χ1) is 16.1. The molecule has 0 radical (unpaired) electrons. The molecule has 0 aromatic carbocycles. The molecule has 1 aliphatic heterocycles. The number of anilines is 1. The summed E-state index contributed by atoms with van der Waals surface area (Å²) in [5, 5.41) is 27.4. The predicted octanol–water partition coefficient (Wildman–Crippen LogP) is 4.26. The summed E-state index contributed by atoms with van der Waals surface area (Å²) in [5.74, 6) is 0.683. The Hall–Kier alpha value is -3.15. The number of carbonyl (C=O) groups is 1. The lowest BCUT2D eigenvalue weighted by Crippen LogP contribution is -2.51. The molecule has 12 heteroatoms. The molecule has 4 rings (SSSR count). The number of aromatic amines is 1. The van der Waals surface area contributed by atoms with Crippen molar-refractivity contribution < 1.29 is 14.7 Å². The Morgan fingerprint density at radius 2 is 2.12 bits per heavy atom. The van der Waals surface area contributed by atoms with E-state index in [1.807, 2.05) is 27.8 Å². The van der Waals surface area contributed by atoms with Gasteiger partial charge in [0.15, 0.2) is 5.65 Å². The first-order valence-electron chi connectivity index (χ1n) is 11.1. The zero-order valence-corrected chi connectivity index (χ0v) is 21.4. The van der Waals surface area contributed by atoms with E-state index in [0.29, 0.717) is 24.3 Å². The van der Waals surface area contributed by atoms with Gasteiger partial charge in [-0.05, 0) is 56.5 Å². The van der Waals surface area contributed by atoms with Crippen LogP contribution in [0.25, 0.3) is 16.8 Å². The van der Waals surface area contributed by atoms with Gasteiger partial charge in [-0.3, -0.25) is 10.00 Å². The smallest absolute Gasteiger partial charge is 0.410 e. The number of rotatable bonds is 4. The molecule has 0 unspecified atom stereocenters. The van der Waals surface area contributed by atoms with Crippen molar-refractivity contribution in [3.05, 3.63) is 28.8 Å². The molecule has 4 heterocycles. The zero-order chi connectivity index (χ0) is 24.6. The number of hydrogen-bond donors (Lipinski definition) is 3. The van der Waals surface area contributed by atoms with Crippen LogP contribution >= 0.6 is 15.9 Å². The normalized spacial score (nSPS) is 19.5. The van der Waals surface area contributed by atoms with E-state index in [1.165, 1.54) is 0 Å². The van der Waals surface area contributed by atoms with Crippen molar-refractivity contribution in [2.75, 3.05) is 18.9 Å². The minimum atomic E-state index is -0.646. The highest BCUT2D eigenvalue weighted by atomic mass is 79.9. The predicted molar refractivity (Wildman–Crippen MR) is 131 cm³/mol. The van der Waals surface area contributed by atoms with Crippen molar-refractivity contribution in [3.63, 3.8) is 0 Å². The number of hydrogen-bond acceptors (Lipinski definition) is 8. The van der Waals surface area contributed by atoms with Crippen molar-refractivity contribution >= 4 is 39.2 Å². The summed E-state index contributed by atoms with van der Waals surface area (Å²) in [4.78, 5) is 19.7. The number of piperidine rings is 1. The Kier molecular flexibility index (Phi) is 6.52. The molecule has 3 aromatic rings. The molecule has 11 nitrogen and oxygen atoms in total. The number of carbonyl (C=O) groups excluding carboxylic acids is 1. The number of likely N-dealkylation sites (tertiary alicyclic amines) is 1. The molecule has 2 atom stereocenters. The van der Waals surface area contributed by atoms with E-state index in [9.17, 15) is 10.0 Å². The lowest BCUT2D eigenvalue weighted by Gasteiger charge is -2.40. The highest BCUT2D eigenvalue weighted by molar-refractivity contribution is 9.10. The third kappa shape index (κ3) is 4.46. The van der Waals surface area contributed by atoms with Gasteiger partial charge in [-0.25, -0.2) is 9.78 Å². The van der Waals surface area contributed by atoms with Crippen LogP contribution in [0.1, 0.15) is 52.1 Å². The van der Waals surface area contributed by atoms with Gasteiger partial charge < -0.3 is 15.3 Å². The standard InChI is InChI=1S/C22H29BrN8O3/c1-12(29-33)16-7-6-13(11-30(16)21(32)34-22(2,3)4)18-17(23)20(24-5)31-19(28-18)15(10-27-31)14-8-25-26-9-14/h8-10,13,16,24,33H,6-7,11H2,1-5H3,(H,25,26)/b29-12+/t13-,16-/m0/s1. The molecular formula is C22H29BrN8O3. The second kappa shape index (κ2) is 9.24. The van der Waals surface area contributed by atoms with Crippen LogP contribution in [0.15, 0.2) is 28.2 Å². The van der Waals surface area contributed by atoms with Gasteiger partial charge in [0.2, 0.25) is 0 Å². The minimum absolute atomic E-state index is 0.0752. The quantitative estimate of drug-likeness (QED) is 0.259. The molecule has 34 heavy (non-hydrogen) atoms.